The molecule has 0 bridgehead atoms. The number of fused-ring (bicyclic) bond motifs is 4. The lowest BCUT2D eigenvalue weighted by Gasteiger charge is -2.30. The van der Waals surface area contributed by atoms with E-state index in [-0.39, 0.29) is 23.9 Å². The Kier molecular flexibility index (Phi) is 3.31. The van der Waals surface area contributed by atoms with Crippen LogP contribution < -0.4 is 10.6 Å². The maximum atomic E-state index is 13.9. The molecular formula is C18H20FN3O3. The van der Waals surface area contributed by atoms with E-state index < -0.39 is 29.1 Å². The predicted molar refractivity (Wildman–Crippen MR) is 87.9 cm³/mol. The molecule has 7 heteroatoms. The van der Waals surface area contributed by atoms with Gasteiger partial charge in [-0.15, -0.1) is 0 Å². The van der Waals surface area contributed by atoms with Crippen LogP contribution in [0.25, 0.3) is 0 Å². The summed E-state index contributed by atoms with van der Waals surface area (Å²) in [7, 11) is 0. The number of halogens is 1. The summed E-state index contributed by atoms with van der Waals surface area (Å²) in [4.78, 5) is 40.2. The number of amides is 3. The molecule has 25 heavy (non-hydrogen) atoms. The van der Waals surface area contributed by atoms with Crippen LogP contribution >= 0.6 is 0 Å². The van der Waals surface area contributed by atoms with Crippen molar-refractivity contribution in [3.05, 3.63) is 29.6 Å². The molecule has 0 unspecified atom stereocenters. The Morgan fingerprint density at radius 1 is 1.28 bits per heavy atom. The smallest absolute Gasteiger partial charge is 0.250 e. The molecule has 6 nitrogen and oxygen atoms in total. The average molecular weight is 345 g/mol. The van der Waals surface area contributed by atoms with Gasteiger partial charge in [-0.3, -0.25) is 24.6 Å². The highest BCUT2D eigenvalue weighted by Gasteiger charge is 2.70. The van der Waals surface area contributed by atoms with E-state index in [1.54, 1.807) is 6.92 Å². The van der Waals surface area contributed by atoms with Gasteiger partial charge in [-0.1, -0.05) is 6.92 Å². The molecule has 3 heterocycles. The zero-order valence-electron chi connectivity index (χ0n) is 14.3. The summed E-state index contributed by atoms with van der Waals surface area (Å²) < 4.78 is 13.9. The van der Waals surface area contributed by atoms with Crippen molar-refractivity contribution in [1.29, 1.82) is 0 Å². The maximum Gasteiger partial charge on any atom is 0.250 e. The number of carbonyl (C=O) groups is 3. The number of anilines is 1. The van der Waals surface area contributed by atoms with Crippen LogP contribution in [0.2, 0.25) is 0 Å². The minimum Gasteiger partial charge on any atom is -0.324 e. The molecule has 3 amide bonds. The SMILES string of the molecule is CC[C@H](C)N1C(=O)[C@@H]2[C@H](C)N[C@]3(C(=O)Nc4ccc(F)cc43)[C@@H]2C1=O. The zero-order chi connectivity index (χ0) is 18.1. The van der Waals surface area contributed by atoms with Crippen molar-refractivity contribution in [2.45, 2.75) is 44.8 Å². The van der Waals surface area contributed by atoms with E-state index in [1.807, 2.05) is 13.8 Å². The van der Waals surface area contributed by atoms with Crippen LogP contribution in [-0.4, -0.2) is 34.7 Å². The molecule has 2 fully saturated rings. The largest absolute Gasteiger partial charge is 0.324 e. The van der Waals surface area contributed by atoms with Crippen molar-refractivity contribution in [2.75, 3.05) is 5.32 Å². The standard InChI is InChI=1S/C18H20FN3O3/c1-4-8(2)22-15(23)13-9(3)21-18(14(13)16(22)24)11-7-10(19)5-6-12(11)20-17(18)25/h5-9,13-14,21H,4H2,1-3H3,(H,20,25)/t8-,9-,13+,14-,18-/m0/s1. The van der Waals surface area contributed by atoms with Gasteiger partial charge in [-0.25, -0.2) is 4.39 Å². The lowest BCUT2D eigenvalue weighted by Crippen LogP contribution is -2.53. The molecule has 3 aliphatic heterocycles. The summed E-state index contributed by atoms with van der Waals surface area (Å²) in [6, 6.07) is 3.44. The van der Waals surface area contributed by atoms with Crippen LogP contribution in [0.3, 0.4) is 0 Å². The van der Waals surface area contributed by atoms with Gasteiger partial charge in [0.15, 0.2) is 0 Å². The second-order valence-electron chi connectivity index (χ2n) is 7.19. The van der Waals surface area contributed by atoms with Gasteiger partial charge in [0, 0.05) is 23.3 Å². The summed E-state index contributed by atoms with van der Waals surface area (Å²) >= 11 is 0. The van der Waals surface area contributed by atoms with Crippen molar-refractivity contribution in [2.24, 2.45) is 11.8 Å². The van der Waals surface area contributed by atoms with Crippen LogP contribution in [0.1, 0.15) is 32.8 Å². The first kappa shape index (κ1) is 16.2. The van der Waals surface area contributed by atoms with Crippen molar-refractivity contribution in [3.8, 4) is 0 Å². The Bertz CT molecular complexity index is 811. The molecule has 0 aromatic heterocycles. The third kappa shape index (κ3) is 1.84. The number of nitrogens with one attached hydrogen (secondary N) is 2. The van der Waals surface area contributed by atoms with Gasteiger partial charge in [0.25, 0.3) is 0 Å². The summed E-state index contributed by atoms with van der Waals surface area (Å²) in [5.74, 6) is -2.97. The summed E-state index contributed by atoms with van der Waals surface area (Å²) in [6.07, 6.45) is 0.642. The first-order valence-corrected chi connectivity index (χ1v) is 8.59. The maximum absolute atomic E-state index is 13.9. The third-order valence-electron chi connectivity index (χ3n) is 5.89. The fraction of sp³-hybridized carbons (Fsp3) is 0.500. The molecule has 1 aromatic carbocycles. The topological polar surface area (TPSA) is 78.5 Å². The highest BCUT2D eigenvalue weighted by atomic mass is 19.1. The zero-order valence-corrected chi connectivity index (χ0v) is 14.3. The lowest BCUT2D eigenvalue weighted by atomic mass is 9.76. The minimum absolute atomic E-state index is 0.230. The van der Waals surface area contributed by atoms with E-state index in [9.17, 15) is 18.8 Å². The average Bonchev–Trinajstić information content (AvgIpc) is 3.12. The molecule has 3 aliphatic rings. The van der Waals surface area contributed by atoms with Crippen LogP contribution in [0.4, 0.5) is 10.1 Å². The first-order valence-electron chi connectivity index (χ1n) is 8.59. The normalized spacial score (nSPS) is 34.5. The Balaban J connectivity index is 1.89. The van der Waals surface area contributed by atoms with Crippen LogP contribution in [0.15, 0.2) is 18.2 Å². The van der Waals surface area contributed by atoms with Gasteiger partial charge in [-0.2, -0.15) is 0 Å². The molecule has 1 spiro atoms. The fourth-order valence-electron chi connectivity index (χ4n) is 4.58. The van der Waals surface area contributed by atoms with Crippen LogP contribution in [-0.2, 0) is 19.9 Å². The Morgan fingerprint density at radius 2 is 2.00 bits per heavy atom. The van der Waals surface area contributed by atoms with Gasteiger partial charge in [0.1, 0.15) is 11.4 Å². The van der Waals surface area contributed by atoms with E-state index in [1.165, 1.54) is 23.1 Å². The van der Waals surface area contributed by atoms with Crippen molar-refractivity contribution in [1.82, 2.24) is 10.2 Å². The first-order chi connectivity index (χ1) is 11.8. The molecule has 132 valence electrons. The summed E-state index contributed by atoms with van der Waals surface area (Å²) in [5, 5.41) is 5.89. The molecule has 0 radical (unpaired) electrons. The molecule has 2 N–H and O–H groups in total. The number of hydrogen-bond acceptors (Lipinski definition) is 4. The number of carbonyl (C=O) groups excluding carboxylic acids is 3. The van der Waals surface area contributed by atoms with Gasteiger partial charge < -0.3 is 5.32 Å². The lowest BCUT2D eigenvalue weighted by molar-refractivity contribution is -0.145. The van der Waals surface area contributed by atoms with E-state index >= 15 is 0 Å². The second kappa shape index (κ2) is 5.11. The number of benzene rings is 1. The highest BCUT2D eigenvalue weighted by Crippen LogP contribution is 2.53. The summed E-state index contributed by atoms with van der Waals surface area (Å²) in [6.45, 7) is 5.52. The molecule has 0 saturated carbocycles. The number of likely N-dealkylation sites (tertiary alicyclic amines) is 1. The monoisotopic (exact) mass is 345 g/mol. The number of rotatable bonds is 2. The Morgan fingerprint density at radius 3 is 2.68 bits per heavy atom. The van der Waals surface area contributed by atoms with Gasteiger partial charge in [0.05, 0.1) is 11.8 Å². The van der Waals surface area contributed by atoms with Gasteiger partial charge in [0.2, 0.25) is 17.7 Å². The molecule has 1 aromatic rings. The molecule has 5 atom stereocenters. The van der Waals surface area contributed by atoms with Gasteiger partial charge >= 0.3 is 0 Å². The number of hydrogen-bond donors (Lipinski definition) is 2. The minimum atomic E-state index is -1.39. The Hall–Kier alpha value is -2.28. The van der Waals surface area contributed by atoms with Crippen LogP contribution in [0.5, 0.6) is 0 Å². The van der Waals surface area contributed by atoms with Crippen molar-refractivity contribution >= 4 is 23.4 Å². The van der Waals surface area contributed by atoms with E-state index in [0.29, 0.717) is 17.7 Å². The molecule has 4 rings (SSSR count). The third-order valence-corrected chi connectivity index (χ3v) is 5.89. The fourth-order valence-corrected chi connectivity index (χ4v) is 4.58. The highest BCUT2D eigenvalue weighted by molar-refractivity contribution is 6.15. The number of nitrogens with zero attached hydrogens (tertiary/aromatic N) is 1. The van der Waals surface area contributed by atoms with Crippen LogP contribution in [0, 0.1) is 17.7 Å². The molecule has 0 aliphatic carbocycles. The quantitative estimate of drug-likeness (QED) is 0.794. The second-order valence-corrected chi connectivity index (χ2v) is 7.19. The summed E-state index contributed by atoms with van der Waals surface area (Å²) in [5.41, 5.74) is -0.505. The van der Waals surface area contributed by atoms with Crippen molar-refractivity contribution in [3.63, 3.8) is 0 Å². The number of imide groups is 1. The van der Waals surface area contributed by atoms with E-state index in [4.69, 9.17) is 0 Å². The molecular weight excluding hydrogens is 325 g/mol. The van der Waals surface area contributed by atoms with E-state index in [2.05, 4.69) is 10.6 Å². The predicted octanol–water partition coefficient (Wildman–Crippen LogP) is 1.36. The van der Waals surface area contributed by atoms with E-state index in [0.717, 1.165) is 0 Å². The molecule has 2 saturated heterocycles. The van der Waals surface area contributed by atoms with Crippen molar-refractivity contribution < 1.29 is 18.8 Å². The van der Waals surface area contributed by atoms with Gasteiger partial charge in [-0.05, 0) is 38.5 Å². The Labute approximate surface area is 144 Å².